The Bertz CT molecular complexity index is 126. The van der Waals surface area contributed by atoms with Gasteiger partial charge >= 0.3 is 0 Å². The fourth-order valence-electron chi connectivity index (χ4n) is 1.51. The van der Waals surface area contributed by atoms with Crippen LogP contribution in [0.2, 0.25) is 0 Å². The molecule has 3 heteroatoms. The molecule has 1 heterocycles. The maximum absolute atomic E-state index is 5.04. The van der Waals surface area contributed by atoms with E-state index in [2.05, 4.69) is 24.0 Å². The lowest BCUT2D eigenvalue weighted by molar-refractivity contribution is 0.184. The van der Waals surface area contributed by atoms with Crippen molar-refractivity contribution in [3.63, 3.8) is 0 Å². The number of ether oxygens (including phenoxy) is 1. The summed E-state index contributed by atoms with van der Waals surface area (Å²) < 4.78 is 5.04. The fraction of sp³-hybridized carbons (Fsp3) is 1.00. The van der Waals surface area contributed by atoms with Gasteiger partial charge in [0.15, 0.2) is 0 Å². The van der Waals surface area contributed by atoms with Gasteiger partial charge in [-0.05, 0) is 43.7 Å². The van der Waals surface area contributed by atoms with Crippen molar-refractivity contribution < 1.29 is 4.74 Å². The summed E-state index contributed by atoms with van der Waals surface area (Å²) in [4.78, 5) is 0. The highest BCUT2D eigenvalue weighted by molar-refractivity contribution is 7.99. The Balaban J connectivity index is 1.97. The van der Waals surface area contributed by atoms with Gasteiger partial charge < -0.3 is 10.1 Å². The number of rotatable bonds is 6. The van der Waals surface area contributed by atoms with Crippen molar-refractivity contribution in [1.29, 1.82) is 0 Å². The van der Waals surface area contributed by atoms with E-state index in [9.17, 15) is 0 Å². The van der Waals surface area contributed by atoms with E-state index in [1.54, 1.807) is 7.11 Å². The molecule has 0 spiro atoms. The molecule has 0 aromatic heterocycles. The Morgan fingerprint density at radius 3 is 3.08 bits per heavy atom. The van der Waals surface area contributed by atoms with Crippen LogP contribution in [0.25, 0.3) is 0 Å². The predicted molar refractivity (Wildman–Crippen MR) is 59.4 cm³/mol. The lowest BCUT2D eigenvalue weighted by Crippen LogP contribution is -2.32. The summed E-state index contributed by atoms with van der Waals surface area (Å²) in [5.41, 5.74) is 0. The number of hydrogen-bond donors (Lipinski definition) is 1. The smallest absolute Gasteiger partial charge is 0.0476 e. The molecule has 0 amide bonds. The zero-order valence-electron chi connectivity index (χ0n) is 8.71. The zero-order chi connectivity index (χ0) is 9.52. The summed E-state index contributed by atoms with van der Waals surface area (Å²) >= 11 is 2.09. The maximum Gasteiger partial charge on any atom is 0.0476 e. The zero-order valence-corrected chi connectivity index (χ0v) is 9.53. The van der Waals surface area contributed by atoms with Gasteiger partial charge in [0.1, 0.15) is 0 Å². The SMILES string of the molecule is COCCC(C)NCC1CCSC1. The van der Waals surface area contributed by atoms with Crippen LogP contribution in [-0.4, -0.2) is 37.8 Å². The summed E-state index contributed by atoms with van der Waals surface area (Å²) in [5.74, 6) is 3.62. The van der Waals surface area contributed by atoms with Crippen molar-refractivity contribution in [2.75, 3.05) is 31.8 Å². The molecule has 0 radical (unpaired) electrons. The number of hydrogen-bond acceptors (Lipinski definition) is 3. The first-order valence-electron chi connectivity index (χ1n) is 5.13. The van der Waals surface area contributed by atoms with E-state index >= 15 is 0 Å². The molecule has 1 aliphatic rings. The molecule has 0 aromatic rings. The second-order valence-electron chi connectivity index (χ2n) is 3.82. The van der Waals surface area contributed by atoms with Gasteiger partial charge in [-0.1, -0.05) is 0 Å². The Morgan fingerprint density at radius 2 is 2.46 bits per heavy atom. The van der Waals surface area contributed by atoms with Gasteiger partial charge in [-0.15, -0.1) is 0 Å². The molecule has 0 saturated carbocycles. The third kappa shape index (κ3) is 4.89. The molecule has 0 aromatic carbocycles. The van der Waals surface area contributed by atoms with Crippen molar-refractivity contribution in [3.8, 4) is 0 Å². The minimum atomic E-state index is 0.602. The second-order valence-corrected chi connectivity index (χ2v) is 4.97. The highest BCUT2D eigenvalue weighted by Gasteiger charge is 2.15. The quantitative estimate of drug-likeness (QED) is 0.710. The van der Waals surface area contributed by atoms with Gasteiger partial charge in [0.05, 0.1) is 0 Å². The number of nitrogens with one attached hydrogen (secondary N) is 1. The molecule has 13 heavy (non-hydrogen) atoms. The van der Waals surface area contributed by atoms with E-state index < -0.39 is 0 Å². The van der Waals surface area contributed by atoms with E-state index in [0.717, 1.165) is 18.9 Å². The third-order valence-electron chi connectivity index (χ3n) is 2.53. The normalized spacial score (nSPS) is 24.9. The van der Waals surface area contributed by atoms with Gasteiger partial charge in [-0.3, -0.25) is 0 Å². The molecule has 1 aliphatic heterocycles. The topological polar surface area (TPSA) is 21.3 Å². The highest BCUT2D eigenvalue weighted by Crippen LogP contribution is 2.22. The van der Waals surface area contributed by atoms with Gasteiger partial charge in [0.2, 0.25) is 0 Å². The Kier molecular flexibility index (Phi) is 5.83. The highest BCUT2D eigenvalue weighted by atomic mass is 32.2. The molecule has 0 aliphatic carbocycles. The summed E-state index contributed by atoms with van der Waals surface area (Å²) in [6.07, 6.45) is 2.52. The van der Waals surface area contributed by atoms with Crippen LogP contribution in [0.15, 0.2) is 0 Å². The van der Waals surface area contributed by atoms with Crippen LogP contribution < -0.4 is 5.32 Å². The van der Waals surface area contributed by atoms with Gasteiger partial charge in [0.25, 0.3) is 0 Å². The summed E-state index contributed by atoms with van der Waals surface area (Å²) in [6, 6.07) is 0.602. The predicted octanol–water partition coefficient (Wildman–Crippen LogP) is 1.75. The van der Waals surface area contributed by atoms with Gasteiger partial charge in [-0.25, -0.2) is 0 Å². The lowest BCUT2D eigenvalue weighted by atomic mass is 10.1. The first-order chi connectivity index (χ1) is 6.33. The van der Waals surface area contributed by atoms with E-state index in [4.69, 9.17) is 4.74 Å². The molecular formula is C10H21NOS. The van der Waals surface area contributed by atoms with Crippen LogP contribution in [0, 0.1) is 5.92 Å². The third-order valence-corrected chi connectivity index (χ3v) is 3.77. The molecule has 1 fully saturated rings. The van der Waals surface area contributed by atoms with Crippen molar-refractivity contribution in [2.45, 2.75) is 25.8 Å². The van der Waals surface area contributed by atoms with E-state index in [0.29, 0.717) is 6.04 Å². The molecule has 78 valence electrons. The molecule has 1 N–H and O–H groups in total. The second kappa shape index (κ2) is 6.68. The molecule has 2 unspecified atom stereocenters. The molecule has 0 bridgehead atoms. The summed E-state index contributed by atoms with van der Waals surface area (Å²) in [7, 11) is 1.76. The summed E-state index contributed by atoms with van der Waals surface area (Å²) in [6.45, 7) is 4.30. The van der Waals surface area contributed by atoms with Crippen LogP contribution >= 0.6 is 11.8 Å². The molecular weight excluding hydrogens is 182 g/mol. The van der Waals surface area contributed by atoms with E-state index in [-0.39, 0.29) is 0 Å². The van der Waals surface area contributed by atoms with Gasteiger partial charge in [0, 0.05) is 19.8 Å². The largest absolute Gasteiger partial charge is 0.385 e. The van der Waals surface area contributed by atoms with Crippen molar-refractivity contribution in [3.05, 3.63) is 0 Å². The van der Waals surface area contributed by atoms with Crippen LogP contribution in [0.3, 0.4) is 0 Å². The molecule has 2 atom stereocenters. The number of methoxy groups -OCH3 is 1. The average Bonchev–Trinajstić information content (AvgIpc) is 2.64. The van der Waals surface area contributed by atoms with Crippen LogP contribution in [0.1, 0.15) is 19.8 Å². The van der Waals surface area contributed by atoms with Gasteiger partial charge in [-0.2, -0.15) is 11.8 Å². The Labute approximate surface area is 85.8 Å². The Hall–Kier alpha value is 0.270. The fourth-order valence-corrected chi connectivity index (χ4v) is 2.79. The number of thioether (sulfide) groups is 1. The van der Waals surface area contributed by atoms with Crippen molar-refractivity contribution >= 4 is 11.8 Å². The minimum absolute atomic E-state index is 0.602. The summed E-state index contributed by atoms with van der Waals surface area (Å²) in [5, 5.41) is 3.57. The first kappa shape index (κ1) is 11.3. The van der Waals surface area contributed by atoms with Crippen LogP contribution in [0.4, 0.5) is 0 Å². The average molecular weight is 203 g/mol. The monoisotopic (exact) mass is 203 g/mol. The van der Waals surface area contributed by atoms with E-state index in [1.165, 1.54) is 24.5 Å². The first-order valence-corrected chi connectivity index (χ1v) is 6.28. The molecule has 1 saturated heterocycles. The minimum Gasteiger partial charge on any atom is -0.385 e. The Morgan fingerprint density at radius 1 is 1.62 bits per heavy atom. The molecule has 1 rings (SSSR count). The lowest BCUT2D eigenvalue weighted by Gasteiger charge is -2.16. The molecule has 2 nitrogen and oxygen atoms in total. The van der Waals surface area contributed by atoms with E-state index in [1.807, 2.05) is 0 Å². The van der Waals surface area contributed by atoms with Crippen molar-refractivity contribution in [2.24, 2.45) is 5.92 Å². The van der Waals surface area contributed by atoms with Crippen LogP contribution in [-0.2, 0) is 4.74 Å². The maximum atomic E-state index is 5.04. The van der Waals surface area contributed by atoms with Crippen LogP contribution in [0.5, 0.6) is 0 Å². The van der Waals surface area contributed by atoms with Crippen molar-refractivity contribution in [1.82, 2.24) is 5.32 Å². The standard InChI is InChI=1S/C10H21NOS/c1-9(3-5-12-2)11-7-10-4-6-13-8-10/h9-11H,3-8H2,1-2H3.